The number of aromatic amines is 1. The molecule has 0 radical (unpaired) electrons. The number of H-pyrrole nitrogens is 1. The highest BCUT2D eigenvalue weighted by Crippen LogP contribution is 2.48. The SMILES string of the molecule is CC1=C2/C=C\C(O)=C/C3c4[nH]c5ccc(N=C(N)N)cc5c4C[C@@H](C)N2[C@H]13. The molecule has 1 aromatic carbocycles. The lowest BCUT2D eigenvalue weighted by molar-refractivity contribution is 0.169. The van der Waals surface area contributed by atoms with Crippen LogP contribution in [0.3, 0.4) is 0 Å². The predicted octanol–water partition coefficient (Wildman–Crippen LogP) is 3.07. The van der Waals surface area contributed by atoms with Gasteiger partial charge < -0.3 is 26.5 Å². The van der Waals surface area contributed by atoms with Gasteiger partial charge in [0.25, 0.3) is 0 Å². The largest absolute Gasteiger partial charge is 0.508 e. The van der Waals surface area contributed by atoms with Crippen LogP contribution in [0.15, 0.2) is 58.4 Å². The van der Waals surface area contributed by atoms with Crippen molar-refractivity contribution < 1.29 is 5.11 Å². The molecule has 3 atom stereocenters. The Morgan fingerprint density at radius 1 is 1.30 bits per heavy atom. The van der Waals surface area contributed by atoms with Crippen molar-refractivity contribution in [1.29, 1.82) is 0 Å². The van der Waals surface area contributed by atoms with E-state index in [9.17, 15) is 5.11 Å². The maximum absolute atomic E-state index is 10.3. The number of nitrogens with one attached hydrogen (secondary N) is 1. The van der Waals surface area contributed by atoms with Gasteiger partial charge in [0.15, 0.2) is 5.96 Å². The first-order valence-corrected chi connectivity index (χ1v) is 9.26. The lowest BCUT2D eigenvalue weighted by Gasteiger charge is -2.50. The Morgan fingerprint density at radius 3 is 2.89 bits per heavy atom. The molecule has 2 aromatic rings. The minimum atomic E-state index is 0.0562. The molecule has 3 heterocycles. The van der Waals surface area contributed by atoms with Gasteiger partial charge in [-0.3, -0.25) is 0 Å². The van der Waals surface area contributed by atoms with Crippen LogP contribution in [0.25, 0.3) is 10.9 Å². The smallest absolute Gasteiger partial charge is 0.191 e. The monoisotopic (exact) mass is 361 g/mol. The highest BCUT2D eigenvalue weighted by Gasteiger charge is 2.45. The summed E-state index contributed by atoms with van der Waals surface area (Å²) in [6.45, 7) is 4.46. The van der Waals surface area contributed by atoms with Crippen LogP contribution in [0.5, 0.6) is 0 Å². The molecule has 0 amide bonds. The van der Waals surface area contributed by atoms with E-state index in [2.05, 4.69) is 28.7 Å². The molecular weight excluding hydrogens is 338 g/mol. The number of fused-ring (bicyclic) bond motifs is 5. The van der Waals surface area contributed by atoms with Crippen molar-refractivity contribution in [2.24, 2.45) is 16.5 Å². The Kier molecular flexibility index (Phi) is 3.22. The Labute approximate surface area is 157 Å². The molecule has 6 N–H and O–H groups in total. The quantitative estimate of drug-likeness (QED) is 0.463. The fourth-order valence-corrected chi connectivity index (χ4v) is 4.93. The number of nitrogens with zero attached hydrogens (tertiary/aromatic N) is 2. The molecule has 1 aromatic heterocycles. The summed E-state index contributed by atoms with van der Waals surface area (Å²) < 4.78 is 0. The molecule has 0 fully saturated rings. The van der Waals surface area contributed by atoms with E-state index in [-0.39, 0.29) is 17.9 Å². The maximum atomic E-state index is 10.3. The van der Waals surface area contributed by atoms with Gasteiger partial charge in [0.2, 0.25) is 0 Å². The van der Waals surface area contributed by atoms with E-state index in [0.29, 0.717) is 11.8 Å². The number of aliphatic hydroxyl groups is 1. The summed E-state index contributed by atoms with van der Waals surface area (Å²) >= 11 is 0. The first-order valence-electron chi connectivity index (χ1n) is 9.26. The minimum Gasteiger partial charge on any atom is -0.508 e. The van der Waals surface area contributed by atoms with E-state index in [1.807, 2.05) is 30.4 Å². The van der Waals surface area contributed by atoms with E-state index < -0.39 is 0 Å². The highest BCUT2D eigenvalue weighted by atomic mass is 16.3. The zero-order chi connectivity index (χ0) is 18.9. The first-order chi connectivity index (χ1) is 12.9. The third-order valence-corrected chi connectivity index (χ3v) is 6.02. The Balaban J connectivity index is 1.74. The number of hydrogen-bond acceptors (Lipinski definition) is 3. The third kappa shape index (κ3) is 2.22. The second kappa shape index (κ2) is 5.42. The summed E-state index contributed by atoms with van der Waals surface area (Å²) in [5.74, 6) is 0.452. The summed E-state index contributed by atoms with van der Waals surface area (Å²) in [6, 6.07) is 6.61. The van der Waals surface area contributed by atoms with Crippen LogP contribution in [0.2, 0.25) is 0 Å². The number of nitrogens with two attached hydrogens (primary N) is 2. The van der Waals surface area contributed by atoms with Crippen LogP contribution < -0.4 is 11.5 Å². The van der Waals surface area contributed by atoms with E-state index in [1.54, 1.807) is 6.08 Å². The lowest BCUT2D eigenvalue weighted by atomic mass is 9.80. The van der Waals surface area contributed by atoms with Gasteiger partial charge in [-0.15, -0.1) is 0 Å². The fourth-order valence-electron chi connectivity index (χ4n) is 4.93. The molecule has 6 nitrogen and oxygen atoms in total. The van der Waals surface area contributed by atoms with Crippen molar-refractivity contribution in [2.45, 2.75) is 38.3 Å². The topological polar surface area (TPSA) is 104 Å². The number of aliphatic hydroxyl groups excluding tert-OH is 1. The third-order valence-electron chi connectivity index (χ3n) is 6.02. The molecule has 0 saturated carbocycles. The van der Waals surface area contributed by atoms with Gasteiger partial charge >= 0.3 is 0 Å². The molecule has 2 bridgehead atoms. The highest BCUT2D eigenvalue weighted by molar-refractivity contribution is 5.89. The van der Waals surface area contributed by atoms with E-state index >= 15 is 0 Å². The number of hydrogen-bond donors (Lipinski definition) is 4. The number of aliphatic imine (C=N–C) groups is 1. The van der Waals surface area contributed by atoms with Gasteiger partial charge in [-0.25, -0.2) is 4.99 Å². The van der Waals surface area contributed by atoms with Crippen LogP contribution in [-0.4, -0.2) is 33.0 Å². The van der Waals surface area contributed by atoms with Gasteiger partial charge in [-0.05, 0) is 67.8 Å². The van der Waals surface area contributed by atoms with E-state index in [1.165, 1.54) is 22.5 Å². The first kappa shape index (κ1) is 16.1. The van der Waals surface area contributed by atoms with Crippen LogP contribution in [0.1, 0.15) is 31.0 Å². The standard InChI is InChI=1S/C21H23N5O/c1-10-7-15-14-8-12(24-21(22)23)3-5-17(14)25-19(15)16-9-13(27)4-6-18-11(2)20(16)26(10)18/h3-6,8-10,16,20,25,27H,7H2,1-2H3,(H4,22,23,24)/b6-4-,13-9+/t10-,16?,20-/m1/s1. The fraction of sp³-hybridized carbons (Fsp3) is 0.286. The summed E-state index contributed by atoms with van der Waals surface area (Å²) in [4.78, 5) is 10.3. The second-order valence-corrected chi connectivity index (χ2v) is 7.71. The van der Waals surface area contributed by atoms with Crippen LogP contribution in [0.4, 0.5) is 5.69 Å². The zero-order valence-corrected chi connectivity index (χ0v) is 15.4. The summed E-state index contributed by atoms with van der Waals surface area (Å²) in [6.07, 6.45) is 6.72. The Morgan fingerprint density at radius 2 is 2.11 bits per heavy atom. The predicted molar refractivity (Wildman–Crippen MR) is 108 cm³/mol. The molecule has 2 aliphatic heterocycles. The lowest BCUT2D eigenvalue weighted by Crippen LogP contribution is -2.52. The zero-order valence-electron chi connectivity index (χ0n) is 15.4. The van der Waals surface area contributed by atoms with Crippen molar-refractivity contribution in [3.8, 4) is 0 Å². The van der Waals surface area contributed by atoms with Crippen LogP contribution in [-0.2, 0) is 6.42 Å². The number of rotatable bonds is 1. The van der Waals surface area contributed by atoms with Crippen LogP contribution >= 0.6 is 0 Å². The average Bonchev–Trinajstić information content (AvgIpc) is 2.88. The number of benzene rings is 1. The molecule has 5 rings (SSSR count). The summed E-state index contributed by atoms with van der Waals surface area (Å²) in [5.41, 5.74) is 18.0. The summed E-state index contributed by atoms with van der Waals surface area (Å²) in [5, 5.41) is 11.5. The van der Waals surface area contributed by atoms with Gasteiger partial charge in [-0.2, -0.15) is 0 Å². The average molecular weight is 361 g/mol. The maximum Gasteiger partial charge on any atom is 0.191 e. The molecule has 1 aliphatic carbocycles. The van der Waals surface area contributed by atoms with Crippen molar-refractivity contribution in [1.82, 2.24) is 9.88 Å². The number of aromatic nitrogens is 1. The molecule has 0 saturated heterocycles. The van der Waals surface area contributed by atoms with E-state index in [4.69, 9.17) is 11.5 Å². The molecular formula is C21H23N5O. The normalized spacial score (nSPS) is 29.0. The molecule has 138 valence electrons. The molecule has 27 heavy (non-hydrogen) atoms. The Bertz CT molecular complexity index is 1080. The van der Waals surface area contributed by atoms with E-state index in [0.717, 1.165) is 23.0 Å². The van der Waals surface area contributed by atoms with Crippen molar-refractivity contribution in [3.63, 3.8) is 0 Å². The van der Waals surface area contributed by atoms with Gasteiger partial charge in [0.05, 0.1) is 11.7 Å². The van der Waals surface area contributed by atoms with Crippen LogP contribution in [0, 0.1) is 0 Å². The molecule has 0 spiro atoms. The van der Waals surface area contributed by atoms with Crippen molar-refractivity contribution >= 4 is 22.5 Å². The second-order valence-electron chi connectivity index (χ2n) is 7.71. The minimum absolute atomic E-state index is 0.0562. The Hall–Kier alpha value is -3.15. The molecule has 6 heteroatoms. The molecule has 3 aliphatic rings. The van der Waals surface area contributed by atoms with Gasteiger partial charge in [-0.1, -0.05) is 0 Å². The van der Waals surface area contributed by atoms with Crippen molar-refractivity contribution in [3.05, 3.63) is 64.7 Å². The number of allylic oxidation sites excluding steroid dienone is 2. The molecule has 1 unspecified atom stereocenters. The number of guanidine groups is 1. The van der Waals surface area contributed by atoms with Gasteiger partial charge in [0, 0.05) is 34.3 Å². The summed E-state index contributed by atoms with van der Waals surface area (Å²) in [7, 11) is 0. The van der Waals surface area contributed by atoms with Gasteiger partial charge in [0.1, 0.15) is 5.76 Å². The van der Waals surface area contributed by atoms with Crippen molar-refractivity contribution in [2.75, 3.05) is 0 Å².